The largest absolute Gasteiger partial charge is 0.439 e. The summed E-state index contributed by atoms with van der Waals surface area (Å²) in [5.74, 6) is 0.811. The Morgan fingerprint density at radius 1 is 0.967 bits per heavy atom. The summed E-state index contributed by atoms with van der Waals surface area (Å²) in [6.07, 6.45) is 0.300. The van der Waals surface area contributed by atoms with Gasteiger partial charge < -0.3 is 9.46 Å². The predicted molar refractivity (Wildman–Crippen MR) is 111 cm³/mol. The molecular formula is C21H15F3N4OS. The minimum atomic E-state index is -4.43. The Balaban J connectivity index is 1.67. The first kappa shape index (κ1) is 20.0. The van der Waals surface area contributed by atoms with Crippen LogP contribution in [0.5, 0.6) is 11.6 Å². The third-order valence-corrected chi connectivity index (χ3v) is 4.70. The molecule has 0 bridgehead atoms. The van der Waals surface area contributed by atoms with Gasteiger partial charge in [-0.2, -0.15) is 13.2 Å². The standard InChI is InChI=1S/C21H15F3N4OS/c1-30-28-19-9-14(21(22,23)24)5-7-16(19)18-11-20(27-12-26-18)29-15-6-4-13-3-2-8-25-17(13)10-15/h2-12,28H,1H3. The van der Waals surface area contributed by atoms with E-state index in [1.807, 2.05) is 18.2 Å². The topological polar surface area (TPSA) is 59.9 Å². The fourth-order valence-corrected chi connectivity index (χ4v) is 3.30. The fraction of sp³-hybridized carbons (Fsp3) is 0.0952. The summed E-state index contributed by atoms with van der Waals surface area (Å²) in [6, 6.07) is 14.3. The molecule has 2 aromatic carbocycles. The van der Waals surface area contributed by atoms with E-state index in [0.717, 1.165) is 23.0 Å². The van der Waals surface area contributed by atoms with Gasteiger partial charge in [0.2, 0.25) is 5.88 Å². The second kappa shape index (κ2) is 8.19. The minimum Gasteiger partial charge on any atom is -0.439 e. The molecule has 30 heavy (non-hydrogen) atoms. The van der Waals surface area contributed by atoms with Gasteiger partial charge in [-0.3, -0.25) is 4.98 Å². The zero-order valence-electron chi connectivity index (χ0n) is 15.6. The van der Waals surface area contributed by atoms with Crippen LogP contribution in [0.2, 0.25) is 0 Å². The van der Waals surface area contributed by atoms with Gasteiger partial charge in [-0.25, -0.2) is 9.97 Å². The molecule has 4 rings (SSSR count). The monoisotopic (exact) mass is 428 g/mol. The molecule has 0 unspecified atom stereocenters. The molecule has 2 aromatic heterocycles. The molecule has 0 saturated carbocycles. The van der Waals surface area contributed by atoms with Crippen LogP contribution in [0.25, 0.3) is 22.2 Å². The first-order valence-electron chi connectivity index (χ1n) is 8.79. The quantitative estimate of drug-likeness (QED) is 0.382. The molecule has 0 aliphatic rings. The highest BCUT2D eigenvalue weighted by Gasteiger charge is 2.31. The van der Waals surface area contributed by atoms with Crippen LogP contribution in [0.15, 0.2) is 67.1 Å². The summed E-state index contributed by atoms with van der Waals surface area (Å²) in [5.41, 5.74) is 1.28. The predicted octanol–water partition coefficient (Wildman–Crippen LogP) is 6.19. The van der Waals surface area contributed by atoms with Crippen molar-refractivity contribution in [3.63, 3.8) is 0 Å². The van der Waals surface area contributed by atoms with Crippen LogP contribution in [0.3, 0.4) is 0 Å². The summed E-state index contributed by atoms with van der Waals surface area (Å²) in [6.45, 7) is 0. The van der Waals surface area contributed by atoms with Crippen molar-refractivity contribution < 1.29 is 17.9 Å². The van der Waals surface area contributed by atoms with Crippen LogP contribution in [0, 0.1) is 0 Å². The van der Waals surface area contributed by atoms with E-state index in [-0.39, 0.29) is 5.88 Å². The second-order valence-corrected chi connectivity index (χ2v) is 6.88. The van der Waals surface area contributed by atoms with E-state index in [2.05, 4.69) is 19.7 Å². The number of aromatic nitrogens is 3. The Morgan fingerprint density at radius 2 is 1.83 bits per heavy atom. The number of halogens is 3. The molecular weight excluding hydrogens is 413 g/mol. The van der Waals surface area contributed by atoms with Crippen LogP contribution in [0.1, 0.15) is 5.56 Å². The average Bonchev–Trinajstić information content (AvgIpc) is 2.73. The maximum atomic E-state index is 13.1. The zero-order chi connectivity index (χ0) is 21.1. The molecule has 4 aromatic rings. The van der Waals surface area contributed by atoms with Crippen LogP contribution in [-0.4, -0.2) is 21.2 Å². The van der Waals surface area contributed by atoms with Crippen LogP contribution >= 0.6 is 11.9 Å². The van der Waals surface area contributed by atoms with E-state index in [0.29, 0.717) is 22.7 Å². The number of nitrogens with one attached hydrogen (secondary N) is 1. The number of nitrogens with zero attached hydrogens (tertiary/aromatic N) is 3. The van der Waals surface area contributed by atoms with E-state index in [4.69, 9.17) is 4.74 Å². The van der Waals surface area contributed by atoms with Crippen LogP contribution in [0.4, 0.5) is 18.9 Å². The average molecular weight is 428 g/mol. The van der Waals surface area contributed by atoms with E-state index in [1.54, 1.807) is 30.7 Å². The van der Waals surface area contributed by atoms with Gasteiger partial charge in [-0.05, 0) is 30.3 Å². The second-order valence-electron chi connectivity index (χ2n) is 6.27. The van der Waals surface area contributed by atoms with Gasteiger partial charge >= 0.3 is 6.18 Å². The first-order valence-corrected chi connectivity index (χ1v) is 10.0. The summed E-state index contributed by atoms with van der Waals surface area (Å²) in [7, 11) is 0. The van der Waals surface area contributed by atoms with Gasteiger partial charge in [0.15, 0.2) is 0 Å². The normalized spacial score (nSPS) is 11.5. The molecule has 5 nitrogen and oxygen atoms in total. The lowest BCUT2D eigenvalue weighted by molar-refractivity contribution is -0.137. The molecule has 152 valence electrons. The van der Waals surface area contributed by atoms with E-state index < -0.39 is 11.7 Å². The molecule has 0 aliphatic heterocycles. The van der Waals surface area contributed by atoms with Crippen molar-refractivity contribution in [1.82, 2.24) is 15.0 Å². The van der Waals surface area contributed by atoms with Crippen molar-refractivity contribution >= 4 is 28.5 Å². The van der Waals surface area contributed by atoms with Gasteiger partial charge in [-0.15, -0.1) is 0 Å². The smallest absolute Gasteiger partial charge is 0.416 e. The lowest BCUT2D eigenvalue weighted by Crippen LogP contribution is -2.06. The van der Waals surface area contributed by atoms with Crippen molar-refractivity contribution in [2.24, 2.45) is 0 Å². The molecule has 0 fully saturated rings. The van der Waals surface area contributed by atoms with Crippen molar-refractivity contribution in [1.29, 1.82) is 0 Å². The molecule has 0 aliphatic carbocycles. The van der Waals surface area contributed by atoms with Crippen molar-refractivity contribution in [2.75, 3.05) is 11.0 Å². The lowest BCUT2D eigenvalue weighted by atomic mass is 10.1. The Kier molecular flexibility index (Phi) is 5.45. The minimum absolute atomic E-state index is 0.269. The van der Waals surface area contributed by atoms with Crippen LogP contribution < -0.4 is 9.46 Å². The number of hydrogen-bond donors (Lipinski definition) is 1. The third-order valence-electron chi connectivity index (χ3n) is 4.28. The Labute approximate surface area is 174 Å². The van der Waals surface area contributed by atoms with Crippen molar-refractivity contribution in [3.05, 3.63) is 72.7 Å². The molecule has 0 saturated heterocycles. The van der Waals surface area contributed by atoms with Gasteiger partial charge in [0.1, 0.15) is 12.1 Å². The van der Waals surface area contributed by atoms with Gasteiger partial charge in [0.05, 0.1) is 22.5 Å². The third kappa shape index (κ3) is 4.30. The number of rotatable bonds is 5. The lowest BCUT2D eigenvalue weighted by Gasteiger charge is -2.14. The molecule has 1 N–H and O–H groups in total. The van der Waals surface area contributed by atoms with Gasteiger partial charge in [-0.1, -0.05) is 24.1 Å². The summed E-state index contributed by atoms with van der Waals surface area (Å²) in [4.78, 5) is 12.6. The number of alkyl halides is 3. The summed E-state index contributed by atoms with van der Waals surface area (Å²) >= 11 is 1.19. The zero-order valence-corrected chi connectivity index (χ0v) is 16.5. The van der Waals surface area contributed by atoms with Gasteiger partial charge in [0, 0.05) is 35.5 Å². The van der Waals surface area contributed by atoms with Crippen molar-refractivity contribution in [3.8, 4) is 22.9 Å². The van der Waals surface area contributed by atoms with Gasteiger partial charge in [0.25, 0.3) is 0 Å². The maximum Gasteiger partial charge on any atom is 0.416 e. The Bertz CT molecular complexity index is 1200. The highest BCUT2D eigenvalue weighted by Crippen LogP contribution is 2.37. The number of fused-ring (bicyclic) bond motifs is 1. The summed E-state index contributed by atoms with van der Waals surface area (Å²) < 4.78 is 47.9. The van der Waals surface area contributed by atoms with Crippen molar-refractivity contribution in [2.45, 2.75) is 6.18 Å². The number of benzene rings is 2. The highest BCUT2D eigenvalue weighted by atomic mass is 32.2. The highest BCUT2D eigenvalue weighted by molar-refractivity contribution is 7.99. The molecule has 0 radical (unpaired) electrons. The SMILES string of the molecule is CSNc1cc(C(F)(F)F)ccc1-c1cc(Oc2ccc3cccnc3c2)ncn1. The molecule has 2 heterocycles. The summed E-state index contributed by atoms with van der Waals surface area (Å²) in [5, 5.41) is 0.978. The Hall–Kier alpha value is -3.33. The van der Waals surface area contributed by atoms with E-state index in [9.17, 15) is 13.2 Å². The number of anilines is 1. The molecule has 9 heteroatoms. The number of pyridine rings is 1. The molecule has 0 spiro atoms. The maximum absolute atomic E-state index is 13.1. The van der Waals surface area contributed by atoms with E-state index >= 15 is 0 Å². The Morgan fingerprint density at radius 3 is 2.63 bits per heavy atom. The van der Waals surface area contributed by atoms with E-state index in [1.165, 1.54) is 24.3 Å². The number of hydrogen-bond acceptors (Lipinski definition) is 6. The van der Waals surface area contributed by atoms with Crippen LogP contribution in [-0.2, 0) is 6.18 Å². The number of ether oxygens (including phenoxy) is 1. The molecule has 0 atom stereocenters. The molecule has 0 amide bonds. The first-order chi connectivity index (χ1) is 14.4. The fourth-order valence-electron chi connectivity index (χ4n) is 2.91.